The molecule has 0 aliphatic carbocycles. The van der Waals surface area contributed by atoms with E-state index < -0.39 is 0 Å². The molecule has 0 aliphatic heterocycles. The van der Waals surface area contributed by atoms with Crippen LogP contribution in [-0.4, -0.2) is 21.1 Å². The molecule has 3 aromatic rings. The number of hydrogen-bond acceptors (Lipinski definition) is 5. The van der Waals surface area contributed by atoms with Crippen LogP contribution in [0.2, 0.25) is 0 Å². The summed E-state index contributed by atoms with van der Waals surface area (Å²) in [6.07, 6.45) is 0. The summed E-state index contributed by atoms with van der Waals surface area (Å²) in [7, 11) is 0. The molecule has 26 heavy (non-hydrogen) atoms. The van der Waals surface area contributed by atoms with E-state index in [1.807, 2.05) is 52.0 Å². The van der Waals surface area contributed by atoms with E-state index in [9.17, 15) is 9.59 Å². The Morgan fingerprint density at radius 3 is 2.65 bits per heavy atom. The molecule has 0 saturated heterocycles. The number of carbonyl (C=O) groups is 1. The standard InChI is InChI=1S/C19H21N3O2S2/c1-10-5-7-14(8-6-10)20-17(23)13(4)25-9-15-21-18(24)16-11(2)12(3)26-19(16)22-15/h5-8,13H,9H2,1-4H3,(H,20,23)(H,21,22,24)/t13-/m0/s1. The van der Waals surface area contributed by atoms with Crippen LogP contribution >= 0.6 is 23.1 Å². The monoisotopic (exact) mass is 387 g/mol. The normalized spacial score (nSPS) is 12.3. The molecule has 0 radical (unpaired) electrons. The fourth-order valence-electron chi connectivity index (χ4n) is 2.53. The van der Waals surface area contributed by atoms with Gasteiger partial charge >= 0.3 is 0 Å². The van der Waals surface area contributed by atoms with Gasteiger partial charge in [-0.25, -0.2) is 4.98 Å². The number of carbonyl (C=O) groups excluding carboxylic acids is 1. The lowest BCUT2D eigenvalue weighted by Crippen LogP contribution is -2.23. The summed E-state index contributed by atoms with van der Waals surface area (Å²) >= 11 is 2.98. The minimum atomic E-state index is -0.260. The van der Waals surface area contributed by atoms with Gasteiger partial charge in [0.25, 0.3) is 5.56 Å². The van der Waals surface area contributed by atoms with Crippen LogP contribution in [0.1, 0.15) is 28.8 Å². The van der Waals surface area contributed by atoms with Gasteiger partial charge in [0.1, 0.15) is 10.7 Å². The summed E-state index contributed by atoms with van der Waals surface area (Å²) < 4.78 is 0. The van der Waals surface area contributed by atoms with E-state index in [2.05, 4.69) is 15.3 Å². The Morgan fingerprint density at radius 1 is 1.27 bits per heavy atom. The topological polar surface area (TPSA) is 74.8 Å². The largest absolute Gasteiger partial charge is 0.325 e. The number of aromatic nitrogens is 2. The van der Waals surface area contributed by atoms with Crippen molar-refractivity contribution in [3.8, 4) is 0 Å². The number of H-pyrrole nitrogens is 1. The second kappa shape index (κ2) is 7.63. The number of anilines is 1. The number of hydrogen-bond donors (Lipinski definition) is 2. The van der Waals surface area contributed by atoms with Crippen molar-refractivity contribution >= 4 is 44.9 Å². The highest BCUT2D eigenvalue weighted by atomic mass is 32.2. The molecule has 2 aromatic heterocycles. The maximum absolute atomic E-state index is 12.3. The molecule has 2 heterocycles. The lowest BCUT2D eigenvalue weighted by molar-refractivity contribution is -0.115. The molecule has 5 nitrogen and oxygen atoms in total. The summed E-state index contributed by atoms with van der Waals surface area (Å²) in [5.74, 6) is 1.01. The van der Waals surface area contributed by atoms with E-state index in [1.54, 1.807) is 0 Å². The number of nitrogens with one attached hydrogen (secondary N) is 2. The maximum atomic E-state index is 12.3. The Kier molecular flexibility index (Phi) is 5.48. The highest BCUT2D eigenvalue weighted by Crippen LogP contribution is 2.26. The van der Waals surface area contributed by atoms with Crippen molar-refractivity contribution in [2.24, 2.45) is 0 Å². The van der Waals surface area contributed by atoms with E-state index in [1.165, 1.54) is 23.1 Å². The zero-order chi connectivity index (χ0) is 18.8. The molecule has 1 atom stereocenters. The number of rotatable bonds is 5. The van der Waals surface area contributed by atoms with E-state index >= 15 is 0 Å². The van der Waals surface area contributed by atoms with Crippen LogP contribution < -0.4 is 10.9 Å². The quantitative estimate of drug-likeness (QED) is 0.689. The molecule has 136 valence electrons. The lowest BCUT2D eigenvalue weighted by atomic mass is 10.2. The Hall–Kier alpha value is -2.12. The van der Waals surface area contributed by atoms with Crippen molar-refractivity contribution in [3.05, 3.63) is 56.4 Å². The first-order valence-corrected chi connectivity index (χ1v) is 10.2. The average molecular weight is 388 g/mol. The molecule has 0 spiro atoms. The molecular weight excluding hydrogens is 366 g/mol. The molecule has 7 heteroatoms. The summed E-state index contributed by atoms with van der Waals surface area (Å²) in [6, 6.07) is 7.70. The minimum absolute atomic E-state index is 0.0647. The number of aryl methyl sites for hydroxylation is 3. The van der Waals surface area contributed by atoms with Gasteiger partial charge in [-0.15, -0.1) is 23.1 Å². The Labute approximate surface area is 160 Å². The fourth-order valence-corrected chi connectivity index (χ4v) is 4.33. The van der Waals surface area contributed by atoms with Crippen LogP contribution in [0, 0.1) is 20.8 Å². The van der Waals surface area contributed by atoms with E-state index in [4.69, 9.17) is 0 Å². The summed E-state index contributed by atoms with van der Waals surface area (Å²) in [5.41, 5.74) is 2.81. The van der Waals surface area contributed by atoms with Gasteiger partial charge in [0.2, 0.25) is 5.91 Å². The van der Waals surface area contributed by atoms with Crippen LogP contribution in [-0.2, 0) is 10.5 Å². The zero-order valence-electron chi connectivity index (χ0n) is 15.2. The smallest absolute Gasteiger partial charge is 0.259 e. The lowest BCUT2D eigenvalue weighted by Gasteiger charge is -2.12. The first-order valence-electron chi connectivity index (χ1n) is 8.33. The average Bonchev–Trinajstić information content (AvgIpc) is 2.89. The molecule has 0 fully saturated rings. The molecule has 0 saturated carbocycles. The molecule has 2 N–H and O–H groups in total. The van der Waals surface area contributed by atoms with E-state index in [0.29, 0.717) is 17.0 Å². The SMILES string of the molecule is Cc1ccc(NC(=O)[C@H](C)SCc2nc3sc(C)c(C)c3c(=O)[nH]2)cc1. The fraction of sp³-hybridized carbons (Fsp3) is 0.316. The third-order valence-electron chi connectivity index (χ3n) is 4.25. The van der Waals surface area contributed by atoms with Crippen molar-refractivity contribution in [3.63, 3.8) is 0 Å². The highest BCUT2D eigenvalue weighted by Gasteiger charge is 2.16. The number of amides is 1. The Morgan fingerprint density at radius 2 is 1.96 bits per heavy atom. The minimum Gasteiger partial charge on any atom is -0.325 e. The molecular formula is C19H21N3O2S2. The van der Waals surface area contributed by atoms with Crippen molar-refractivity contribution in [2.45, 2.75) is 38.7 Å². The Balaban J connectivity index is 1.66. The third kappa shape index (κ3) is 3.99. The van der Waals surface area contributed by atoms with Gasteiger partial charge < -0.3 is 10.3 Å². The first-order chi connectivity index (χ1) is 12.3. The summed E-state index contributed by atoms with van der Waals surface area (Å²) in [6.45, 7) is 7.79. The molecule has 1 amide bonds. The van der Waals surface area contributed by atoms with Crippen molar-refractivity contribution < 1.29 is 4.79 Å². The molecule has 3 rings (SSSR count). The van der Waals surface area contributed by atoms with Crippen molar-refractivity contribution in [1.82, 2.24) is 9.97 Å². The zero-order valence-corrected chi connectivity index (χ0v) is 16.8. The number of aromatic amines is 1. The van der Waals surface area contributed by atoms with Gasteiger partial charge in [-0.3, -0.25) is 9.59 Å². The van der Waals surface area contributed by atoms with Crippen LogP contribution in [0.15, 0.2) is 29.1 Å². The van der Waals surface area contributed by atoms with Crippen molar-refractivity contribution in [2.75, 3.05) is 5.32 Å². The highest BCUT2D eigenvalue weighted by molar-refractivity contribution is 7.99. The second-order valence-corrected chi connectivity index (χ2v) is 8.82. The van der Waals surface area contributed by atoms with Crippen LogP contribution in [0.4, 0.5) is 5.69 Å². The predicted molar refractivity (Wildman–Crippen MR) is 110 cm³/mol. The van der Waals surface area contributed by atoms with Crippen LogP contribution in [0.25, 0.3) is 10.2 Å². The number of benzene rings is 1. The molecule has 1 aromatic carbocycles. The third-order valence-corrected chi connectivity index (χ3v) is 6.50. The predicted octanol–water partition coefficient (Wildman–Crippen LogP) is 4.17. The van der Waals surface area contributed by atoms with Gasteiger partial charge in [-0.05, 0) is 45.4 Å². The molecule has 0 unspecified atom stereocenters. The number of thiophene rings is 1. The van der Waals surface area contributed by atoms with Gasteiger partial charge in [0, 0.05) is 10.6 Å². The second-order valence-electron chi connectivity index (χ2n) is 6.28. The molecule has 0 bridgehead atoms. The van der Waals surface area contributed by atoms with Gasteiger partial charge in [-0.1, -0.05) is 17.7 Å². The Bertz CT molecular complexity index is 1010. The number of fused-ring (bicyclic) bond motifs is 1. The van der Waals surface area contributed by atoms with Crippen LogP contribution in [0.5, 0.6) is 0 Å². The summed E-state index contributed by atoms with van der Waals surface area (Å²) in [4.78, 5) is 33.9. The van der Waals surface area contributed by atoms with E-state index in [0.717, 1.165) is 26.5 Å². The maximum Gasteiger partial charge on any atom is 0.259 e. The molecule has 0 aliphatic rings. The van der Waals surface area contributed by atoms with E-state index in [-0.39, 0.29) is 16.7 Å². The van der Waals surface area contributed by atoms with Gasteiger partial charge in [-0.2, -0.15) is 0 Å². The van der Waals surface area contributed by atoms with Gasteiger partial charge in [0.05, 0.1) is 16.4 Å². The van der Waals surface area contributed by atoms with Crippen molar-refractivity contribution in [1.29, 1.82) is 0 Å². The van der Waals surface area contributed by atoms with Gasteiger partial charge in [0.15, 0.2) is 0 Å². The first kappa shape index (κ1) is 18.7. The number of nitrogens with zero attached hydrogens (tertiary/aromatic N) is 1. The van der Waals surface area contributed by atoms with Crippen LogP contribution in [0.3, 0.4) is 0 Å². The number of thioether (sulfide) groups is 1. The summed E-state index contributed by atoms with van der Waals surface area (Å²) in [5, 5.41) is 3.32.